The summed E-state index contributed by atoms with van der Waals surface area (Å²) in [6.07, 6.45) is 0. The summed E-state index contributed by atoms with van der Waals surface area (Å²) in [4.78, 5) is 0. The van der Waals surface area contributed by atoms with Crippen LogP contribution in [0, 0.1) is 5.16 Å². The number of benzene rings is 2. The summed E-state index contributed by atoms with van der Waals surface area (Å²) in [6.45, 7) is 14.3. The first-order chi connectivity index (χ1) is 10.6. The topological polar surface area (TPSA) is 27.1 Å². The fourth-order valence-electron chi connectivity index (χ4n) is 3.57. The van der Waals surface area contributed by atoms with Gasteiger partial charge in [0, 0.05) is 10.6 Å². The molecule has 0 atom stereocenters. The molecule has 1 N–H and O–H groups in total. The summed E-state index contributed by atoms with van der Waals surface area (Å²) in [5, 5.41) is 12.1. The molecule has 0 aliphatic rings. The highest BCUT2D eigenvalue weighted by Crippen LogP contribution is 2.53. The van der Waals surface area contributed by atoms with Gasteiger partial charge in [-0.2, -0.15) is 0 Å². The maximum atomic E-state index is 9.78. The molecule has 124 valence electrons. The third-order valence-corrected chi connectivity index (χ3v) is 18.5. The lowest BCUT2D eigenvalue weighted by Gasteiger charge is -2.51. The van der Waals surface area contributed by atoms with Gasteiger partial charge in [0.25, 0.3) is 0 Å². The average Bonchev–Trinajstić information content (AvgIpc) is 2.46. The molecule has 0 fully saturated rings. The van der Waals surface area contributed by atoms with E-state index in [0.717, 1.165) is 0 Å². The van der Waals surface area contributed by atoms with Crippen LogP contribution in [0.5, 0.6) is 0 Å². The molecule has 0 aliphatic carbocycles. The van der Waals surface area contributed by atoms with Crippen molar-refractivity contribution in [1.82, 2.24) is 4.00 Å². The first-order valence-corrected chi connectivity index (χ1v) is 16.8. The van der Waals surface area contributed by atoms with Crippen molar-refractivity contribution >= 4 is 34.3 Å². The number of hydrogen-bond acceptors (Lipinski definition) is 1. The minimum Gasteiger partial charge on any atom is -0.305 e. The van der Waals surface area contributed by atoms with Crippen LogP contribution in [-0.2, 0) is 0 Å². The monoisotopic (exact) mass is 360 g/mol. The van der Waals surface area contributed by atoms with E-state index >= 15 is 0 Å². The molecular formula is C18H29N2PSi2. The lowest BCUT2D eigenvalue weighted by atomic mass is 10.4. The zero-order valence-electron chi connectivity index (χ0n) is 15.2. The van der Waals surface area contributed by atoms with Gasteiger partial charge in [-0.15, -0.1) is 0 Å². The zero-order valence-corrected chi connectivity index (χ0v) is 18.1. The summed E-state index contributed by atoms with van der Waals surface area (Å²) in [5.41, 5.74) is 0. The van der Waals surface area contributed by atoms with Crippen molar-refractivity contribution in [2.45, 2.75) is 39.3 Å². The van der Waals surface area contributed by atoms with Gasteiger partial charge in [-0.05, 0) is 0 Å². The van der Waals surface area contributed by atoms with E-state index in [2.05, 4.69) is 91.8 Å². The lowest BCUT2D eigenvalue weighted by molar-refractivity contribution is 0.965. The van der Waals surface area contributed by atoms with Crippen LogP contribution >= 0.6 is 7.21 Å². The van der Waals surface area contributed by atoms with Gasteiger partial charge < -0.3 is 4.00 Å². The summed E-state index contributed by atoms with van der Waals surface area (Å²) in [6, 6.07) is 21.0. The smallest absolute Gasteiger partial charge is 0.118 e. The maximum Gasteiger partial charge on any atom is 0.118 e. The van der Waals surface area contributed by atoms with Gasteiger partial charge in [-0.25, -0.2) is 0 Å². The van der Waals surface area contributed by atoms with Crippen molar-refractivity contribution in [1.29, 1.82) is 5.16 Å². The number of nitrogens with zero attached hydrogens (tertiary/aromatic N) is 1. The Balaban J connectivity index is 2.80. The van der Waals surface area contributed by atoms with E-state index in [-0.39, 0.29) is 0 Å². The van der Waals surface area contributed by atoms with E-state index in [9.17, 15) is 5.16 Å². The second kappa shape index (κ2) is 6.52. The molecule has 0 unspecified atom stereocenters. The minimum atomic E-state index is -2.32. The van der Waals surface area contributed by atoms with Crippen LogP contribution < -0.4 is 10.6 Å². The van der Waals surface area contributed by atoms with E-state index in [1.807, 2.05) is 12.1 Å². The van der Waals surface area contributed by atoms with Crippen molar-refractivity contribution in [2.75, 3.05) is 0 Å². The van der Waals surface area contributed by atoms with Gasteiger partial charge in [0.1, 0.15) is 16.5 Å². The molecule has 0 saturated carbocycles. The Morgan fingerprint density at radius 2 is 0.957 bits per heavy atom. The van der Waals surface area contributed by atoms with E-state index in [1.54, 1.807) is 0 Å². The van der Waals surface area contributed by atoms with Crippen LogP contribution in [0.2, 0.25) is 39.3 Å². The Kier molecular flexibility index (Phi) is 5.22. The molecule has 2 nitrogen and oxygen atoms in total. The van der Waals surface area contributed by atoms with Crippen LogP contribution in [0.25, 0.3) is 0 Å². The van der Waals surface area contributed by atoms with Crippen LogP contribution in [0.1, 0.15) is 0 Å². The summed E-state index contributed by atoms with van der Waals surface area (Å²) < 4.78 is 2.69. The summed E-state index contributed by atoms with van der Waals surface area (Å²) in [5.74, 6) is 0. The van der Waals surface area contributed by atoms with Crippen molar-refractivity contribution in [3.63, 3.8) is 0 Å². The highest BCUT2D eigenvalue weighted by Gasteiger charge is 2.44. The first kappa shape index (κ1) is 18.4. The first-order valence-electron chi connectivity index (χ1n) is 8.14. The number of nitrogens with one attached hydrogen (secondary N) is 1. The second-order valence-corrected chi connectivity index (χ2v) is 21.4. The fourth-order valence-corrected chi connectivity index (χ4v) is 22.2. The molecule has 0 heterocycles. The molecule has 0 saturated heterocycles. The van der Waals surface area contributed by atoms with Crippen molar-refractivity contribution in [2.24, 2.45) is 0 Å². The van der Waals surface area contributed by atoms with Gasteiger partial charge in [0.2, 0.25) is 0 Å². The standard InChI is InChI=1S/C18H29N2PSi2/c1-22(2,3)20(23(4,5)6)21(19,17-13-9-7-10-14-17)18-15-11-8-12-16-18/h7-16,19H,1-6H3. The molecule has 2 rings (SSSR count). The Labute approximate surface area is 143 Å². The summed E-state index contributed by atoms with van der Waals surface area (Å²) in [7, 11) is -5.65. The highest BCUT2D eigenvalue weighted by molar-refractivity contribution is 7.80. The Bertz CT molecular complexity index is 631. The van der Waals surface area contributed by atoms with E-state index in [4.69, 9.17) is 0 Å². The molecule has 0 aromatic heterocycles. The molecule has 5 heteroatoms. The molecule has 0 bridgehead atoms. The van der Waals surface area contributed by atoms with E-state index < -0.39 is 23.7 Å². The maximum absolute atomic E-state index is 9.78. The molecule has 0 radical (unpaired) electrons. The van der Waals surface area contributed by atoms with Crippen LogP contribution in [0.4, 0.5) is 0 Å². The van der Waals surface area contributed by atoms with E-state index in [0.29, 0.717) is 0 Å². The van der Waals surface area contributed by atoms with Crippen molar-refractivity contribution in [3.05, 3.63) is 60.7 Å². The largest absolute Gasteiger partial charge is 0.305 e. The third-order valence-electron chi connectivity index (χ3n) is 3.83. The SMILES string of the molecule is C[Si](C)(C)N([Si](C)(C)C)P(=N)(c1ccccc1)c1ccccc1. The predicted molar refractivity (Wildman–Crippen MR) is 110 cm³/mol. The van der Waals surface area contributed by atoms with Gasteiger partial charge in [0.15, 0.2) is 0 Å². The number of rotatable bonds is 5. The molecule has 0 aliphatic heterocycles. The lowest BCUT2D eigenvalue weighted by Crippen LogP contribution is -2.59. The van der Waals surface area contributed by atoms with Gasteiger partial charge in [-0.1, -0.05) is 99.9 Å². The average molecular weight is 361 g/mol. The normalized spacial score (nSPS) is 13.3. The molecule has 2 aromatic carbocycles. The molecular weight excluding hydrogens is 331 g/mol. The van der Waals surface area contributed by atoms with E-state index in [1.165, 1.54) is 10.6 Å². The van der Waals surface area contributed by atoms with Crippen LogP contribution in [0.3, 0.4) is 0 Å². The Morgan fingerprint density at radius 1 is 0.652 bits per heavy atom. The molecule has 0 amide bonds. The van der Waals surface area contributed by atoms with Gasteiger partial charge in [-0.3, -0.25) is 5.16 Å². The van der Waals surface area contributed by atoms with Crippen LogP contribution in [-0.4, -0.2) is 20.5 Å². The Morgan fingerprint density at radius 3 is 1.22 bits per heavy atom. The molecule has 23 heavy (non-hydrogen) atoms. The minimum absolute atomic E-state index is 1.18. The highest BCUT2D eigenvalue weighted by atomic mass is 31.2. The quantitative estimate of drug-likeness (QED) is 0.568. The summed E-state index contributed by atoms with van der Waals surface area (Å²) >= 11 is 0. The second-order valence-electron chi connectivity index (χ2n) is 7.96. The third kappa shape index (κ3) is 3.77. The molecule has 0 spiro atoms. The number of hydrogen-bond donors (Lipinski definition) is 1. The Hall–Kier alpha value is -0.936. The van der Waals surface area contributed by atoms with Gasteiger partial charge in [0.05, 0.1) is 7.21 Å². The zero-order chi connectivity index (χ0) is 17.3. The molecule has 2 aromatic rings. The van der Waals surface area contributed by atoms with Crippen molar-refractivity contribution in [3.8, 4) is 0 Å². The van der Waals surface area contributed by atoms with Crippen LogP contribution in [0.15, 0.2) is 60.7 Å². The fraction of sp³-hybridized carbons (Fsp3) is 0.333. The van der Waals surface area contributed by atoms with Crippen molar-refractivity contribution < 1.29 is 0 Å². The van der Waals surface area contributed by atoms with Gasteiger partial charge >= 0.3 is 0 Å². The predicted octanol–water partition coefficient (Wildman–Crippen LogP) is 5.30.